The van der Waals surface area contributed by atoms with Crippen molar-refractivity contribution < 1.29 is 4.79 Å². The number of amides is 1. The largest absolute Gasteiger partial charge is 0.348 e. The molecule has 1 amide bonds. The molecule has 2 bridgehead atoms. The van der Waals surface area contributed by atoms with Gasteiger partial charge in [0.2, 0.25) is 5.91 Å². The number of aryl methyl sites for hydroxylation is 3. The molecular weight excluding hydrogens is 340 g/mol. The Labute approximate surface area is 160 Å². The lowest BCUT2D eigenvalue weighted by Gasteiger charge is -2.36. The number of fused-ring (bicyclic) bond motifs is 4. The minimum absolute atomic E-state index is 0.294. The first-order valence-electron chi connectivity index (χ1n) is 10.0. The van der Waals surface area contributed by atoms with Gasteiger partial charge in [0.25, 0.3) is 0 Å². The van der Waals surface area contributed by atoms with Crippen molar-refractivity contribution in [2.24, 2.45) is 5.92 Å². The Morgan fingerprint density at radius 3 is 2.74 bits per heavy atom. The smallest absolute Gasteiger partial charge is 0.223 e. The summed E-state index contributed by atoms with van der Waals surface area (Å²) in [7, 11) is 0. The summed E-state index contributed by atoms with van der Waals surface area (Å²) in [4.78, 5) is 25.3. The molecule has 7 nitrogen and oxygen atoms in total. The van der Waals surface area contributed by atoms with Crippen LogP contribution in [0.25, 0.3) is 0 Å². The number of carbonyl (C=O) groups is 1. The quantitative estimate of drug-likeness (QED) is 0.845. The fourth-order valence-corrected chi connectivity index (χ4v) is 4.69. The molecule has 2 N–H and O–H groups in total. The zero-order valence-electron chi connectivity index (χ0n) is 16.6. The van der Waals surface area contributed by atoms with E-state index in [2.05, 4.69) is 36.9 Å². The Balaban J connectivity index is 1.39. The highest BCUT2D eigenvalue weighted by atomic mass is 16.2. The number of carbonyl (C=O) groups excluding carboxylic acids is 1. The predicted octanol–water partition coefficient (Wildman–Crippen LogP) is 2.11. The molecule has 5 heterocycles. The summed E-state index contributed by atoms with van der Waals surface area (Å²) in [6.45, 7) is 9.91. The van der Waals surface area contributed by atoms with Crippen LogP contribution in [-0.2, 0) is 17.8 Å². The van der Waals surface area contributed by atoms with E-state index < -0.39 is 0 Å². The summed E-state index contributed by atoms with van der Waals surface area (Å²) in [6, 6.07) is 0.335. The van der Waals surface area contributed by atoms with Crippen LogP contribution in [0.5, 0.6) is 0 Å². The molecule has 3 fully saturated rings. The average Bonchev–Trinajstić information content (AvgIpc) is 3.05. The van der Waals surface area contributed by atoms with Crippen LogP contribution in [0.1, 0.15) is 47.6 Å². The number of piperidine rings is 1. The van der Waals surface area contributed by atoms with Crippen LogP contribution in [0.2, 0.25) is 0 Å². The van der Waals surface area contributed by atoms with Crippen LogP contribution < -0.4 is 0 Å². The lowest BCUT2D eigenvalue weighted by molar-refractivity contribution is -0.135. The maximum absolute atomic E-state index is 13.0. The van der Waals surface area contributed by atoms with E-state index in [4.69, 9.17) is 0 Å². The Bertz CT molecular complexity index is 790. The molecule has 146 valence electrons. The minimum atomic E-state index is 0.294. The number of rotatable bonds is 5. The van der Waals surface area contributed by atoms with E-state index in [1.807, 2.05) is 13.8 Å². The van der Waals surface area contributed by atoms with Crippen LogP contribution in [0, 0.1) is 26.7 Å². The Morgan fingerprint density at radius 1 is 1.19 bits per heavy atom. The summed E-state index contributed by atoms with van der Waals surface area (Å²) >= 11 is 0. The molecule has 3 saturated heterocycles. The molecule has 3 aliphatic rings. The fraction of sp³-hybridized carbons (Fsp3) is 0.650. The third kappa shape index (κ3) is 3.78. The average molecular weight is 371 g/mol. The van der Waals surface area contributed by atoms with Crippen molar-refractivity contribution >= 4 is 5.91 Å². The van der Waals surface area contributed by atoms with Gasteiger partial charge in [-0.05, 0) is 51.5 Å². The summed E-state index contributed by atoms with van der Waals surface area (Å²) < 4.78 is 0. The van der Waals surface area contributed by atoms with Crippen molar-refractivity contribution in [1.82, 2.24) is 30.0 Å². The number of nitrogens with zero attached hydrogens (tertiary/aromatic N) is 4. The van der Waals surface area contributed by atoms with Crippen molar-refractivity contribution in [2.45, 2.75) is 59.0 Å². The van der Waals surface area contributed by atoms with E-state index in [0.29, 0.717) is 24.3 Å². The molecule has 5 rings (SSSR count). The molecule has 2 atom stereocenters. The second-order valence-electron chi connectivity index (χ2n) is 8.22. The minimum Gasteiger partial charge on any atom is -0.348 e. The topological polar surface area (TPSA) is 80.9 Å². The molecule has 3 aliphatic heterocycles. The van der Waals surface area contributed by atoms with Crippen LogP contribution in [0.15, 0.2) is 6.33 Å². The van der Waals surface area contributed by atoms with Gasteiger partial charge in [-0.15, -0.1) is 0 Å². The molecule has 7 heteroatoms. The molecule has 0 unspecified atom stereocenters. The zero-order valence-corrected chi connectivity index (χ0v) is 16.6. The maximum atomic E-state index is 13.0. The van der Waals surface area contributed by atoms with E-state index in [9.17, 15) is 4.79 Å². The number of hydrogen-bond donors (Lipinski definition) is 2. The summed E-state index contributed by atoms with van der Waals surface area (Å²) in [5, 5.41) is 7.27. The van der Waals surface area contributed by atoms with Crippen LogP contribution >= 0.6 is 0 Å². The first-order valence-corrected chi connectivity index (χ1v) is 10.0. The number of imidazole rings is 1. The SMILES string of the molecule is Cc1n[nH]c(C)c1CCC(=O)N1C[C@H]2CC[C@@H]1CN(Cc1nc[nH]c1C)C2. The molecule has 0 aromatic carbocycles. The summed E-state index contributed by atoms with van der Waals surface area (Å²) in [5.74, 6) is 0.867. The molecule has 0 saturated carbocycles. The number of H-pyrrole nitrogens is 2. The van der Waals surface area contributed by atoms with Crippen LogP contribution in [0.3, 0.4) is 0 Å². The van der Waals surface area contributed by atoms with Gasteiger partial charge in [-0.25, -0.2) is 4.98 Å². The van der Waals surface area contributed by atoms with Gasteiger partial charge in [0.05, 0.1) is 17.7 Å². The highest BCUT2D eigenvalue weighted by molar-refractivity contribution is 5.77. The normalized spacial score (nSPS) is 23.0. The Kier molecular flexibility index (Phi) is 5.04. The van der Waals surface area contributed by atoms with Gasteiger partial charge in [-0.2, -0.15) is 5.10 Å². The van der Waals surface area contributed by atoms with E-state index >= 15 is 0 Å². The molecule has 0 spiro atoms. The Morgan fingerprint density at radius 2 is 2.04 bits per heavy atom. The van der Waals surface area contributed by atoms with Gasteiger partial charge in [0, 0.05) is 50.0 Å². The van der Waals surface area contributed by atoms with Gasteiger partial charge in [0.1, 0.15) is 0 Å². The van der Waals surface area contributed by atoms with E-state index in [-0.39, 0.29) is 0 Å². The second-order valence-corrected chi connectivity index (χ2v) is 8.22. The predicted molar refractivity (Wildman–Crippen MR) is 103 cm³/mol. The summed E-state index contributed by atoms with van der Waals surface area (Å²) in [5.41, 5.74) is 5.56. The molecular formula is C20H30N6O. The van der Waals surface area contributed by atoms with Crippen molar-refractivity contribution in [3.8, 4) is 0 Å². The molecule has 2 aromatic heterocycles. The number of aromatic amines is 2. The molecule has 0 radical (unpaired) electrons. The van der Waals surface area contributed by atoms with E-state index in [0.717, 1.165) is 61.8 Å². The van der Waals surface area contributed by atoms with Crippen LogP contribution in [0.4, 0.5) is 0 Å². The second kappa shape index (κ2) is 7.46. The van der Waals surface area contributed by atoms with Crippen molar-refractivity contribution in [3.63, 3.8) is 0 Å². The van der Waals surface area contributed by atoms with Gasteiger partial charge in [0.15, 0.2) is 0 Å². The standard InChI is InChI=1S/C20H30N6O/c1-13-18(14(2)24-23-13)6-7-20(27)26-9-16-4-5-17(26)10-25(8-16)11-19-15(3)21-12-22-19/h12,16-17H,4-11H2,1-3H3,(H,21,22)(H,23,24)/t16-,17+/m0/s1. The van der Waals surface area contributed by atoms with Gasteiger partial charge in [-0.3, -0.25) is 14.8 Å². The summed E-state index contributed by atoms with van der Waals surface area (Å²) in [6.07, 6.45) is 5.47. The lowest BCUT2D eigenvalue weighted by Crippen LogP contribution is -2.47. The van der Waals surface area contributed by atoms with Gasteiger partial charge >= 0.3 is 0 Å². The number of nitrogens with one attached hydrogen (secondary N) is 2. The van der Waals surface area contributed by atoms with Crippen molar-refractivity contribution in [1.29, 1.82) is 0 Å². The highest BCUT2D eigenvalue weighted by Crippen LogP contribution is 2.29. The first kappa shape index (κ1) is 18.2. The Hall–Kier alpha value is -2.15. The molecule has 2 aromatic rings. The zero-order chi connectivity index (χ0) is 19.0. The fourth-order valence-electron chi connectivity index (χ4n) is 4.69. The highest BCUT2D eigenvalue weighted by Gasteiger charge is 2.37. The molecule has 27 heavy (non-hydrogen) atoms. The van der Waals surface area contributed by atoms with Crippen molar-refractivity contribution in [3.05, 3.63) is 34.7 Å². The van der Waals surface area contributed by atoms with Gasteiger partial charge < -0.3 is 9.88 Å². The first-order chi connectivity index (χ1) is 13.0. The monoisotopic (exact) mass is 370 g/mol. The lowest BCUT2D eigenvalue weighted by atomic mass is 9.94. The molecule has 0 aliphatic carbocycles. The van der Waals surface area contributed by atoms with Gasteiger partial charge in [-0.1, -0.05) is 0 Å². The van der Waals surface area contributed by atoms with E-state index in [1.54, 1.807) is 6.33 Å². The third-order valence-electron chi connectivity index (χ3n) is 6.29. The number of aromatic nitrogens is 4. The number of hydrogen-bond acceptors (Lipinski definition) is 4. The maximum Gasteiger partial charge on any atom is 0.223 e. The van der Waals surface area contributed by atoms with Crippen molar-refractivity contribution in [2.75, 3.05) is 19.6 Å². The third-order valence-corrected chi connectivity index (χ3v) is 6.29. The van der Waals surface area contributed by atoms with Crippen LogP contribution in [-0.4, -0.2) is 61.5 Å². The van der Waals surface area contributed by atoms with E-state index in [1.165, 1.54) is 12.0 Å².